The molecular formula is C12H10N2OS. The van der Waals surface area contributed by atoms with Crippen LogP contribution in [0.4, 0.5) is 0 Å². The Kier molecular flexibility index (Phi) is 1.88. The summed E-state index contributed by atoms with van der Waals surface area (Å²) in [6.07, 6.45) is 0. The van der Waals surface area contributed by atoms with Crippen LogP contribution in [0.15, 0.2) is 28.4 Å². The second kappa shape index (κ2) is 3.15. The summed E-state index contributed by atoms with van der Waals surface area (Å²) in [6.45, 7) is 3.90. The Bertz CT molecular complexity index is 755. The maximum atomic E-state index is 12.3. The van der Waals surface area contributed by atoms with Gasteiger partial charge in [-0.05, 0) is 25.5 Å². The molecule has 0 saturated carbocycles. The summed E-state index contributed by atoms with van der Waals surface area (Å²) in [7, 11) is 0. The summed E-state index contributed by atoms with van der Waals surface area (Å²) in [5.41, 5.74) is 2.83. The van der Waals surface area contributed by atoms with E-state index in [1.165, 1.54) is 11.3 Å². The van der Waals surface area contributed by atoms with E-state index in [1.54, 1.807) is 4.40 Å². The Labute approximate surface area is 96.0 Å². The number of benzene rings is 1. The van der Waals surface area contributed by atoms with Crippen LogP contribution in [-0.4, -0.2) is 9.38 Å². The molecule has 3 aromatic rings. The summed E-state index contributed by atoms with van der Waals surface area (Å²) in [5, 5.41) is 2.65. The molecule has 0 unspecified atom stereocenters. The van der Waals surface area contributed by atoms with Gasteiger partial charge >= 0.3 is 0 Å². The minimum absolute atomic E-state index is 0.0300. The summed E-state index contributed by atoms with van der Waals surface area (Å²) < 4.78 is 1.67. The number of hydrogen-bond donors (Lipinski definition) is 0. The number of para-hydroxylation sites is 1. The van der Waals surface area contributed by atoms with Crippen molar-refractivity contribution in [2.45, 2.75) is 13.8 Å². The van der Waals surface area contributed by atoms with Gasteiger partial charge in [0.2, 0.25) is 0 Å². The molecule has 3 nitrogen and oxygen atoms in total. The molecule has 0 aliphatic heterocycles. The molecule has 0 spiro atoms. The Balaban J connectivity index is 2.69. The highest BCUT2D eigenvalue weighted by Gasteiger charge is 2.09. The molecule has 0 bridgehead atoms. The third-order valence-corrected chi connectivity index (χ3v) is 3.70. The van der Waals surface area contributed by atoms with Gasteiger partial charge in [0.05, 0.1) is 10.9 Å². The van der Waals surface area contributed by atoms with Crippen molar-refractivity contribution in [3.8, 4) is 0 Å². The number of aromatic nitrogens is 2. The van der Waals surface area contributed by atoms with Gasteiger partial charge in [0.25, 0.3) is 5.56 Å². The molecule has 4 heteroatoms. The van der Waals surface area contributed by atoms with Crippen molar-refractivity contribution >= 4 is 27.2 Å². The van der Waals surface area contributed by atoms with Crippen molar-refractivity contribution < 1.29 is 0 Å². The van der Waals surface area contributed by atoms with E-state index in [0.29, 0.717) is 5.39 Å². The zero-order chi connectivity index (χ0) is 11.3. The van der Waals surface area contributed by atoms with Gasteiger partial charge in [0.1, 0.15) is 0 Å². The molecule has 80 valence electrons. The molecule has 0 radical (unpaired) electrons. The molecule has 0 fully saturated rings. The molecule has 0 amide bonds. The lowest BCUT2D eigenvalue weighted by molar-refractivity contribution is 1.05. The van der Waals surface area contributed by atoms with E-state index in [1.807, 2.05) is 37.4 Å². The molecule has 3 rings (SSSR count). The fourth-order valence-electron chi connectivity index (χ4n) is 1.91. The van der Waals surface area contributed by atoms with Crippen LogP contribution in [0.2, 0.25) is 0 Å². The summed E-state index contributed by atoms with van der Waals surface area (Å²) >= 11 is 1.50. The van der Waals surface area contributed by atoms with Crippen LogP contribution in [0.1, 0.15) is 11.3 Å². The van der Waals surface area contributed by atoms with Gasteiger partial charge in [-0.3, -0.25) is 9.20 Å². The molecule has 1 aromatic carbocycles. The van der Waals surface area contributed by atoms with Crippen LogP contribution >= 0.6 is 11.3 Å². The average Bonchev–Trinajstić information content (AvgIpc) is 2.63. The average molecular weight is 230 g/mol. The predicted octanol–water partition coefficient (Wildman–Crippen LogP) is 2.53. The maximum absolute atomic E-state index is 12.3. The van der Waals surface area contributed by atoms with Gasteiger partial charge in [-0.1, -0.05) is 12.1 Å². The standard InChI is InChI=1S/C12H10N2OS/c1-7-4-3-5-9-10(7)13-12-14(11(9)15)8(2)6-16-12/h3-6H,1-2H3. The third-order valence-electron chi connectivity index (χ3n) is 2.76. The number of thiazole rings is 1. The van der Waals surface area contributed by atoms with Crippen LogP contribution in [0.5, 0.6) is 0 Å². The largest absolute Gasteiger partial charge is 0.268 e. The SMILES string of the molecule is Cc1cccc2c(=O)n3c(C)csc3nc12. The van der Waals surface area contributed by atoms with Crippen molar-refractivity contribution in [3.63, 3.8) is 0 Å². The van der Waals surface area contributed by atoms with Crippen LogP contribution in [-0.2, 0) is 0 Å². The Morgan fingerprint density at radius 3 is 2.94 bits per heavy atom. The second-order valence-corrected chi connectivity index (χ2v) is 4.72. The molecule has 0 aliphatic rings. The highest BCUT2D eigenvalue weighted by atomic mass is 32.1. The summed E-state index contributed by atoms with van der Waals surface area (Å²) in [6, 6.07) is 5.71. The van der Waals surface area contributed by atoms with Gasteiger partial charge in [-0.25, -0.2) is 4.98 Å². The fourth-order valence-corrected chi connectivity index (χ4v) is 2.77. The number of aryl methyl sites for hydroxylation is 2. The lowest BCUT2D eigenvalue weighted by atomic mass is 10.1. The molecule has 2 aromatic heterocycles. The first-order chi connectivity index (χ1) is 7.68. The molecule has 2 heterocycles. The van der Waals surface area contributed by atoms with Gasteiger partial charge in [-0.2, -0.15) is 0 Å². The van der Waals surface area contributed by atoms with Gasteiger partial charge in [0, 0.05) is 11.1 Å². The maximum Gasteiger partial charge on any atom is 0.266 e. The van der Waals surface area contributed by atoms with E-state index in [2.05, 4.69) is 4.98 Å². The third kappa shape index (κ3) is 1.13. The number of nitrogens with zero attached hydrogens (tertiary/aromatic N) is 2. The summed E-state index contributed by atoms with van der Waals surface area (Å²) in [4.78, 5) is 17.6. The normalized spacial score (nSPS) is 11.4. The Morgan fingerprint density at radius 1 is 1.31 bits per heavy atom. The first-order valence-corrected chi connectivity index (χ1v) is 5.92. The van der Waals surface area contributed by atoms with Crippen molar-refractivity contribution in [2.24, 2.45) is 0 Å². The minimum Gasteiger partial charge on any atom is -0.268 e. The van der Waals surface area contributed by atoms with Crippen molar-refractivity contribution in [2.75, 3.05) is 0 Å². The highest BCUT2D eigenvalue weighted by molar-refractivity contribution is 7.15. The van der Waals surface area contributed by atoms with Gasteiger partial charge < -0.3 is 0 Å². The zero-order valence-electron chi connectivity index (χ0n) is 9.02. The zero-order valence-corrected chi connectivity index (χ0v) is 9.84. The lowest BCUT2D eigenvalue weighted by Crippen LogP contribution is -2.15. The summed E-state index contributed by atoms with van der Waals surface area (Å²) in [5.74, 6) is 0. The molecule has 0 N–H and O–H groups in total. The van der Waals surface area contributed by atoms with E-state index in [-0.39, 0.29) is 5.56 Å². The smallest absolute Gasteiger partial charge is 0.266 e. The van der Waals surface area contributed by atoms with Crippen LogP contribution in [0.3, 0.4) is 0 Å². The molecular weight excluding hydrogens is 220 g/mol. The van der Waals surface area contributed by atoms with Crippen molar-refractivity contribution in [1.29, 1.82) is 0 Å². The van der Waals surface area contributed by atoms with Crippen LogP contribution in [0, 0.1) is 13.8 Å². The lowest BCUT2D eigenvalue weighted by Gasteiger charge is -2.02. The van der Waals surface area contributed by atoms with Crippen molar-refractivity contribution in [1.82, 2.24) is 9.38 Å². The quantitative estimate of drug-likeness (QED) is 0.594. The molecule has 16 heavy (non-hydrogen) atoms. The van der Waals surface area contributed by atoms with Crippen LogP contribution in [0.25, 0.3) is 15.9 Å². The number of hydrogen-bond acceptors (Lipinski definition) is 3. The second-order valence-electron chi connectivity index (χ2n) is 3.88. The van der Waals surface area contributed by atoms with E-state index in [9.17, 15) is 4.79 Å². The van der Waals surface area contributed by atoms with E-state index in [4.69, 9.17) is 0 Å². The number of fused-ring (bicyclic) bond motifs is 2. The van der Waals surface area contributed by atoms with Crippen LogP contribution < -0.4 is 5.56 Å². The van der Waals surface area contributed by atoms with E-state index in [0.717, 1.165) is 21.7 Å². The van der Waals surface area contributed by atoms with E-state index < -0.39 is 0 Å². The van der Waals surface area contributed by atoms with Gasteiger partial charge in [0.15, 0.2) is 4.96 Å². The highest BCUT2D eigenvalue weighted by Crippen LogP contribution is 2.17. The van der Waals surface area contributed by atoms with E-state index >= 15 is 0 Å². The first kappa shape index (κ1) is 9.54. The first-order valence-electron chi connectivity index (χ1n) is 5.04. The minimum atomic E-state index is 0.0300. The predicted molar refractivity (Wildman–Crippen MR) is 66.3 cm³/mol. The number of rotatable bonds is 0. The fraction of sp³-hybridized carbons (Fsp3) is 0.167. The molecule has 0 saturated heterocycles. The Hall–Kier alpha value is -1.68. The van der Waals surface area contributed by atoms with Crippen molar-refractivity contribution in [3.05, 3.63) is 45.2 Å². The molecule has 0 aliphatic carbocycles. The van der Waals surface area contributed by atoms with Gasteiger partial charge in [-0.15, -0.1) is 11.3 Å². The monoisotopic (exact) mass is 230 g/mol. The molecule has 0 atom stereocenters. The topological polar surface area (TPSA) is 34.4 Å². The Morgan fingerprint density at radius 2 is 2.12 bits per heavy atom.